The van der Waals surface area contributed by atoms with E-state index in [0.29, 0.717) is 6.10 Å². The van der Waals surface area contributed by atoms with Crippen LogP contribution < -0.4 is 10.6 Å². The topological polar surface area (TPSA) is 62.3 Å². The number of ether oxygens (including phenoxy) is 1. The first-order chi connectivity index (χ1) is 9.11. The molecule has 1 unspecified atom stereocenters. The predicted octanol–water partition coefficient (Wildman–Crippen LogP) is 2.28. The average molecular weight is 261 g/mol. The molecule has 1 saturated heterocycles. The van der Waals surface area contributed by atoms with Gasteiger partial charge in [0.2, 0.25) is 0 Å². The highest BCUT2D eigenvalue weighted by Crippen LogP contribution is 2.25. The van der Waals surface area contributed by atoms with E-state index in [1.807, 2.05) is 19.1 Å². The van der Waals surface area contributed by atoms with E-state index in [1.165, 1.54) is 17.7 Å². The minimum atomic E-state index is 0.125. The van der Waals surface area contributed by atoms with Crippen LogP contribution in [0.2, 0.25) is 0 Å². The maximum absolute atomic E-state index is 7.48. The lowest BCUT2D eigenvalue weighted by atomic mass is 10.0. The molecule has 1 aliphatic heterocycles. The summed E-state index contributed by atoms with van der Waals surface area (Å²) < 4.78 is 5.74. The number of hydrogen-bond acceptors (Lipinski definition) is 3. The van der Waals surface area contributed by atoms with Crippen molar-refractivity contribution in [3.8, 4) is 0 Å². The Balaban J connectivity index is 2.15. The number of piperidine rings is 1. The van der Waals surface area contributed by atoms with Crippen LogP contribution in [0.25, 0.3) is 0 Å². The van der Waals surface area contributed by atoms with Gasteiger partial charge in [0.05, 0.1) is 6.10 Å². The second kappa shape index (κ2) is 6.06. The molecular formula is C15H23N3O. The molecule has 0 radical (unpaired) electrons. The minimum absolute atomic E-state index is 0.125. The van der Waals surface area contributed by atoms with Crippen molar-refractivity contribution < 1.29 is 4.74 Å². The molecular weight excluding hydrogens is 238 g/mol. The molecule has 1 aromatic rings. The molecule has 0 saturated carbocycles. The Morgan fingerprint density at radius 3 is 2.95 bits per heavy atom. The van der Waals surface area contributed by atoms with Crippen molar-refractivity contribution in [3.63, 3.8) is 0 Å². The molecule has 0 bridgehead atoms. The van der Waals surface area contributed by atoms with Gasteiger partial charge in [0, 0.05) is 30.9 Å². The number of rotatable bonds is 4. The van der Waals surface area contributed by atoms with Gasteiger partial charge in [-0.3, -0.25) is 5.41 Å². The molecule has 3 N–H and O–H groups in total. The highest BCUT2D eigenvalue weighted by molar-refractivity contribution is 5.95. The molecule has 0 amide bonds. The summed E-state index contributed by atoms with van der Waals surface area (Å²) in [5.74, 6) is 0.125. The highest BCUT2D eigenvalue weighted by Gasteiger charge is 2.21. The number of amidine groups is 1. The largest absolute Gasteiger partial charge is 0.384 e. The summed E-state index contributed by atoms with van der Waals surface area (Å²) in [5, 5.41) is 7.48. The molecule has 0 spiro atoms. The van der Waals surface area contributed by atoms with Gasteiger partial charge in [0.15, 0.2) is 0 Å². The molecule has 1 aromatic carbocycles. The number of benzene rings is 1. The van der Waals surface area contributed by atoms with Gasteiger partial charge in [-0.1, -0.05) is 0 Å². The summed E-state index contributed by atoms with van der Waals surface area (Å²) >= 11 is 0. The van der Waals surface area contributed by atoms with Crippen LogP contribution in [0.15, 0.2) is 18.2 Å². The second-order valence-electron chi connectivity index (χ2n) is 5.08. The van der Waals surface area contributed by atoms with E-state index in [1.54, 1.807) is 0 Å². The third-order valence-corrected chi connectivity index (χ3v) is 3.63. The minimum Gasteiger partial charge on any atom is -0.384 e. The quantitative estimate of drug-likeness (QED) is 0.645. The van der Waals surface area contributed by atoms with Gasteiger partial charge in [-0.05, 0) is 50.5 Å². The van der Waals surface area contributed by atoms with Crippen LogP contribution in [-0.4, -0.2) is 31.6 Å². The molecule has 4 heteroatoms. The maximum Gasteiger partial charge on any atom is 0.122 e. The first kappa shape index (κ1) is 13.9. The van der Waals surface area contributed by atoms with Crippen LogP contribution in [0.1, 0.15) is 30.9 Å². The van der Waals surface area contributed by atoms with Crippen LogP contribution in [0.4, 0.5) is 5.69 Å². The fraction of sp³-hybridized carbons (Fsp3) is 0.533. The van der Waals surface area contributed by atoms with Crippen molar-refractivity contribution in [2.45, 2.75) is 32.8 Å². The molecule has 4 nitrogen and oxygen atoms in total. The molecule has 2 rings (SSSR count). The summed E-state index contributed by atoms with van der Waals surface area (Å²) in [4.78, 5) is 2.38. The first-order valence-electron chi connectivity index (χ1n) is 6.93. The van der Waals surface area contributed by atoms with Crippen LogP contribution >= 0.6 is 0 Å². The van der Waals surface area contributed by atoms with Crippen molar-refractivity contribution in [1.82, 2.24) is 0 Å². The molecule has 0 aliphatic carbocycles. The Bertz CT molecular complexity index is 457. The third-order valence-electron chi connectivity index (χ3n) is 3.63. The second-order valence-corrected chi connectivity index (χ2v) is 5.08. The summed E-state index contributed by atoms with van der Waals surface area (Å²) in [7, 11) is 0. The van der Waals surface area contributed by atoms with Crippen molar-refractivity contribution >= 4 is 11.5 Å². The molecule has 104 valence electrons. The molecule has 1 atom stereocenters. The summed E-state index contributed by atoms with van der Waals surface area (Å²) in [5.41, 5.74) is 8.72. The Hall–Kier alpha value is -1.55. The summed E-state index contributed by atoms with van der Waals surface area (Å²) in [6, 6.07) is 5.98. The molecule has 1 fully saturated rings. The Morgan fingerprint density at radius 2 is 2.32 bits per heavy atom. The summed E-state index contributed by atoms with van der Waals surface area (Å²) in [6.07, 6.45) is 2.65. The lowest BCUT2D eigenvalue weighted by Gasteiger charge is -2.35. The zero-order valence-corrected chi connectivity index (χ0v) is 11.8. The average Bonchev–Trinajstić information content (AvgIpc) is 2.39. The fourth-order valence-electron chi connectivity index (χ4n) is 2.71. The van der Waals surface area contributed by atoms with E-state index in [9.17, 15) is 0 Å². The number of anilines is 1. The normalized spacial score (nSPS) is 19.5. The SMILES string of the molecule is CCOC1CCCN(c2ccc(C(=N)N)cc2C)C1. The number of nitrogens with zero attached hydrogens (tertiary/aromatic N) is 1. The van der Waals surface area contributed by atoms with Crippen LogP contribution in [0.5, 0.6) is 0 Å². The number of nitrogens with two attached hydrogens (primary N) is 1. The standard InChI is InChI=1S/C15H23N3O/c1-3-19-13-5-4-8-18(10-13)14-7-6-12(15(16)17)9-11(14)2/h6-7,9,13H,3-5,8,10H2,1-2H3,(H3,16,17). The Labute approximate surface area is 115 Å². The summed E-state index contributed by atoms with van der Waals surface area (Å²) in [6.45, 7) is 6.93. The maximum atomic E-state index is 7.48. The van der Waals surface area contributed by atoms with Crippen molar-refractivity contribution in [2.24, 2.45) is 5.73 Å². The third kappa shape index (κ3) is 3.26. The molecule has 0 aromatic heterocycles. The molecule has 1 heterocycles. The highest BCUT2D eigenvalue weighted by atomic mass is 16.5. The van der Waals surface area contributed by atoms with Crippen LogP contribution in [-0.2, 0) is 4.74 Å². The number of nitrogen functional groups attached to an aromatic ring is 1. The number of hydrogen-bond donors (Lipinski definition) is 2. The number of aryl methyl sites for hydroxylation is 1. The Morgan fingerprint density at radius 1 is 1.53 bits per heavy atom. The molecule has 1 aliphatic rings. The van der Waals surface area contributed by atoms with E-state index in [4.69, 9.17) is 15.9 Å². The smallest absolute Gasteiger partial charge is 0.122 e. The first-order valence-corrected chi connectivity index (χ1v) is 6.93. The van der Waals surface area contributed by atoms with Crippen molar-refractivity contribution in [3.05, 3.63) is 29.3 Å². The van der Waals surface area contributed by atoms with E-state index in [0.717, 1.165) is 31.7 Å². The lowest BCUT2D eigenvalue weighted by molar-refractivity contribution is 0.0526. The fourth-order valence-corrected chi connectivity index (χ4v) is 2.71. The van der Waals surface area contributed by atoms with Crippen LogP contribution in [0.3, 0.4) is 0 Å². The zero-order valence-electron chi connectivity index (χ0n) is 11.8. The zero-order chi connectivity index (χ0) is 13.8. The van der Waals surface area contributed by atoms with E-state index >= 15 is 0 Å². The van der Waals surface area contributed by atoms with E-state index < -0.39 is 0 Å². The van der Waals surface area contributed by atoms with E-state index in [-0.39, 0.29) is 5.84 Å². The van der Waals surface area contributed by atoms with Crippen LogP contribution in [0, 0.1) is 12.3 Å². The van der Waals surface area contributed by atoms with Gasteiger partial charge in [0.1, 0.15) is 5.84 Å². The molecule has 19 heavy (non-hydrogen) atoms. The van der Waals surface area contributed by atoms with Crippen molar-refractivity contribution in [2.75, 3.05) is 24.6 Å². The van der Waals surface area contributed by atoms with E-state index in [2.05, 4.69) is 17.9 Å². The monoisotopic (exact) mass is 261 g/mol. The van der Waals surface area contributed by atoms with Gasteiger partial charge in [-0.25, -0.2) is 0 Å². The van der Waals surface area contributed by atoms with Gasteiger partial charge < -0.3 is 15.4 Å². The number of nitrogens with one attached hydrogen (secondary N) is 1. The Kier molecular flexibility index (Phi) is 4.43. The van der Waals surface area contributed by atoms with Gasteiger partial charge in [0.25, 0.3) is 0 Å². The predicted molar refractivity (Wildman–Crippen MR) is 79.1 cm³/mol. The lowest BCUT2D eigenvalue weighted by Crippen LogP contribution is -2.40. The van der Waals surface area contributed by atoms with Gasteiger partial charge in [-0.2, -0.15) is 0 Å². The van der Waals surface area contributed by atoms with Crippen molar-refractivity contribution in [1.29, 1.82) is 5.41 Å². The van der Waals surface area contributed by atoms with Gasteiger partial charge >= 0.3 is 0 Å². The van der Waals surface area contributed by atoms with Gasteiger partial charge in [-0.15, -0.1) is 0 Å².